The molecule has 1 heterocycles. The smallest absolute Gasteiger partial charge is 0.168 e. The van der Waals surface area contributed by atoms with Gasteiger partial charge in [-0.25, -0.2) is 0 Å². The molecule has 0 saturated heterocycles. The van der Waals surface area contributed by atoms with Gasteiger partial charge in [-0.3, -0.25) is 9.79 Å². The minimum Gasteiger partial charge on any atom is -0.305 e. The highest BCUT2D eigenvalue weighted by atomic mass is 16.1. The van der Waals surface area contributed by atoms with Crippen molar-refractivity contribution in [1.82, 2.24) is 4.90 Å². The van der Waals surface area contributed by atoms with Gasteiger partial charge < -0.3 is 4.90 Å². The van der Waals surface area contributed by atoms with E-state index in [-0.39, 0.29) is 17.7 Å². The second-order valence-corrected chi connectivity index (χ2v) is 8.07. The summed E-state index contributed by atoms with van der Waals surface area (Å²) >= 11 is 0. The van der Waals surface area contributed by atoms with E-state index < -0.39 is 0 Å². The molecule has 4 heteroatoms. The molecule has 0 fully saturated rings. The molecule has 27 heavy (non-hydrogen) atoms. The number of hydrogen-bond acceptors (Lipinski definition) is 4. The number of carbonyl (C=O) groups excluding carboxylic acids is 1. The van der Waals surface area contributed by atoms with Crippen molar-refractivity contribution >= 4 is 11.5 Å². The molecule has 0 amide bonds. The molecule has 0 bridgehead atoms. The Balaban J connectivity index is 1.92. The summed E-state index contributed by atoms with van der Waals surface area (Å²) in [6, 6.07) is 15.4. The summed E-state index contributed by atoms with van der Waals surface area (Å²) in [4.78, 5) is 19.9. The summed E-state index contributed by atoms with van der Waals surface area (Å²) in [5, 5.41) is 8.93. The molecule has 0 radical (unpaired) electrons. The molecule has 0 spiro atoms. The highest BCUT2D eigenvalue weighted by Crippen LogP contribution is 2.29. The SMILES string of the molecule is CN(C)Cc1ccc2c(c1)C(CC(=O)c1ccc(C#N)cc1)=NC(C)(C)C2. The highest BCUT2D eigenvalue weighted by Gasteiger charge is 2.28. The van der Waals surface area contributed by atoms with Crippen LogP contribution in [0.4, 0.5) is 0 Å². The Morgan fingerprint density at radius 3 is 2.52 bits per heavy atom. The van der Waals surface area contributed by atoms with Crippen LogP contribution in [0.3, 0.4) is 0 Å². The first-order valence-corrected chi connectivity index (χ1v) is 9.16. The van der Waals surface area contributed by atoms with Gasteiger partial charge >= 0.3 is 0 Å². The molecule has 1 aliphatic rings. The van der Waals surface area contributed by atoms with Crippen LogP contribution in [0.15, 0.2) is 47.5 Å². The Kier molecular flexibility index (Phi) is 5.25. The molecular weight excluding hydrogens is 334 g/mol. The first-order chi connectivity index (χ1) is 12.8. The quantitative estimate of drug-likeness (QED) is 0.758. The van der Waals surface area contributed by atoms with Gasteiger partial charge in [0, 0.05) is 12.1 Å². The zero-order chi connectivity index (χ0) is 19.6. The minimum atomic E-state index is -0.212. The van der Waals surface area contributed by atoms with Crippen molar-refractivity contribution in [3.05, 3.63) is 70.3 Å². The van der Waals surface area contributed by atoms with Gasteiger partial charge in [0.05, 0.1) is 29.3 Å². The highest BCUT2D eigenvalue weighted by molar-refractivity contribution is 6.16. The van der Waals surface area contributed by atoms with E-state index in [1.54, 1.807) is 24.3 Å². The predicted molar refractivity (Wildman–Crippen MR) is 108 cm³/mol. The second-order valence-electron chi connectivity index (χ2n) is 8.07. The Bertz CT molecular complexity index is 931. The average Bonchev–Trinajstić information content (AvgIpc) is 2.61. The van der Waals surface area contributed by atoms with Crippen molar-refractivity contribution in [2.45, 2.75) is 38.8 Å². The number of Topliss-reactive ketones (excluding diaryl/α,β-unsaturated/α-hetero) is 1. The third kappa shape index (κ3) is 4.50. The van der Waals surface area contributed by atoms with E-state index in [9.17, 15) is 4.79 Å². The maximum Gasteiger partial charge on any atom is 0.168 e. The summed E-state index contributed by atoms with van der Waals surface area (Å²) in [5.74, 6) is 0.0277. The van der Waals surface area contributed by atoms with Crippen molar-refractivity contribution < 1.29 is 4.79 Å². The van der Waals surface area contributed by atoms with Crippen molar-refractivity contribution in [2.75, 3.05) is 14.1 Å². The van der Waals surface area contributed by atoms with E-state index in [1.807, 2.05) is 14.1 Å². The lowest BCUT2D eigenvalue weighted by Gasteiger charge is -2.29. The largest absolute Gasteiger partial charge is 0.305 e. The van der Waals surface area contributed by atoms with Crippen molar-refractivity contribution in [2.24, 2.45) is 4.99 Å². The summed E-state index contributed by atoms with van der Waals surface area (Å²) in [6.07, 6.45) is 1.15. The third-order valence-electron chi connectivity index (χ3n) is 4.71. The Morgan fingerprint density at radius 2 is 1.89 bits per heavy atom. The van der Waals surface area contributed by atoms with E-state index in [2.05, 4.69) is 43.0 Å². The van der Waals surface area contributed by atoms with Crippen LogP contribution in [-0.2, 0) is 13.0 Å². The molecule has 4 nitrogen and oxygen atoms in total. The van der Waals surface area contributed by atoms with Gasteiger partial charge in [-0.1, -0.05) is 24.3 Å². The standard InChI is InChI=1S/C23H25N3O/c1-23(2)13-19-10-7-17(15-26(3)4)11-20(19)21(25-23)12-22(27)18-8-5-16(14-24)6-9-18/h5-11H,12-13,15H2,1-4H3. The Hall–Kier alpha value is -2.77. The lowest BCUT2D eigenvalue weighted by molar-refractivity contribution is 0.100. The molecule has 0 atom stereocenters. The molecular formula is C23H25N3O. The lowest BCUT2D eigenvalue weighted by Crippen LogP contribution is -2.30. The van der Waals surface area contributed by atoms with Crippen LogP contribution in [0, 0.1) is 11.3 Å². The molecule has 1 aliphatic heterocycles. The summed E-state index contributed by atoms with van der Waals surface area (Å²) in [6.45, 7) is 5.07. The monoisotopic (exact) mass is 359 g/mol. The molecule has 0 aliphatic carbocycles. The van der Waals surface area contributed by atoms with Crippen LogP contribution in [0.1, 0.15) is 52.9 Å². The van der Waals surface area contributed by atoms with Gasteiger partial charge in [0.1, 0.15) is 0 Å². The first-order valence-electron chi connectivity index (χ1n) is 9.16. The van der Waals surface area contributed by atoms with Gasteiger partial charge in [-0.15, -0.1) is 0 Å². The second kappa shape index (κ2) is 7.46. The maximum atomic E-state index is 12.8. The van der Waals surface area contributed by atoms with Gasteiger partial charge in [0.15, 0.2) is 5.78 Å². The molecule has 2 aromatic rings. The molecule has 0 unspecified atom stereocenters. The van der Waals surface area contributed by atoms with Crippen LogP contribution < -0.4 is 0 Å². The summed E-state index contributed by atoms with van der Waals surface area (Å²) < 4.78 is 0. The normalized spacial score (nSPS) is 15.0. The zero-order valence-corrected chi connectivity index (χ0v) is 16.4. The predicted octanol–water partition coefficient (Wildman–Crippen LogP) is 4.02. The minimum absolute atomic E-state index is 0.0277. The van der Waals surface area contributed by atoms with E-state index in [4.69, 9.17) is 10.3 Å². The fourth-order valence-corrected chi connectivity index (χ4v) is 3.56. The van der Waals surface area contributed by atoms with E-state index >= 15 is 0 Å². The molecule has 138 valence electrons. The molecule has 0 aromatic heterocycles. The number of ketones is 1. The van der Waals surface area contributed by atoms with Crippen molar-refractivity contribution in [1.29, 1.82) is 5.26 Å². The fourth-order valence-electron chi connectivity index (χ4n) is 3.56. The number of nitriles is 1. The lowest BCUT2D eigenvalue weighted by atomic mass is 9.84. The number of benzene rings is 2. The number of carbonyl (C=O) groups is 1. The first kappa shape index (κ1) is 19.0. The zero-order valence-electron chi connectivity index (χ0n) is 16.4. The Morgan fingerprint density at radius 1 is 1.19 bits per heavy atom. The number of hydrogen-bond donors (Lipinski definition) is 0. The van der Waals surface area contributed by atoms with Crippen LogP contribution in [0.25, 0.3) is 0 Å². The third-order valence-corrected chi connectivity index (χ3v) is 4.71. The summed E-state index contributed by atoms with van der Waals surface area (Å²) in [7, 11) is 4.10. The molecule has 0 saturated carbocycles. The van der Waals surface area contributed by atoms with E-state index in [1.165, 1.54) is 11.1 Å². The van der Waals surface area contributed by atoms with Gasteiger partial charge in [0.2, 0.25) is 0 Å². The number of nitrogens with zero attached hydrogens (tertiary/aromatic N) is 3. The van der Waals surface area contributed by atoms with Crippen LogP contribution >= 0.6 is 0 Å². The fraction of sp³-hybridized carbons (Fsp3) is 0.348. The number of aliphatic imine (C=N–C) groups is 1. The van der Waals surface area contributed by atoms with Crippen LogP contribution in [-0.4, -0.2) is 36.0 Å². The van der Waals surface area contributed by atoms with Gasteiger partial charge in [0.25, 0.3) is 0 Å². The summed E-state index contributed by atoms with van der Waals surface area (Å²) in [5.41, 5.74) is 5.38. The molecule has 3 rings (SSSR count). The topological polar surface area (TPSA) is 56.5 Å². The Labute approximate surface area is 161 Å². The number of fused-ring (bicyclic) bond motifs is 1. The molecule has 0 N–H and O–H groups in total. The van der Waals surface area contributed by atoms with Crippen molar-refractivity contribution in [3.8, 4) is 6.07 Å². The van der Waals surface area contributed by atoms with E-state index in [0.29, 0.717) is 11.1 Å². The van der Waals surface area contributed by atoms with E-state index in [0.717, 1.165) is 24.2 Å². The van der Waals surface area contributed by atoms with Gasteiger partial charge in [-0.05, 0) is 69.3 Å². The number of rotatable bonds is 5. The van der Waals surface area contributed by atoms with Crippen molar-refractivity contribution in [3.63, 3.8) is 0 Å². The average molecular weight is 359 g/mol. The van der Waals surface area contributed by atoms with Gasteiger partial charge in [-0.2, -0.15) is 5.26 Å². The molecule has 2 aromatic carbocycles. The van der Waals surface area contributed by atoms with Crippen LogP contribution in [0.2, 0.25) is 0 Å². The van der Waals surface area contributed by atoms with Crippen LogP contribution in [0.5, 0.6) is 0 Å². The maximum absolute atomic E-state index is 12.8.